The molecule has 0 aliphatic carbocycles. The molecule has 0 heterocycles. The lowest BCUT2D eigenvalue weighted by Crippen LogP contribution is -2.29. The zero-order chi connectivity index (χ0) is 30.8. The molecule has 0 bridgehead atoms. The summed E-state index contributed by atoms with van der Waals surface area (Å²) in [5.74, 6) is -1.87. The molecule has 0 saturated carbocycles. The standard InChI is InChI=1S/2C9H13N.2C6H14N2O2/c2*1-8(10)7-9-5-3-2-4-6-9;2*7-4-2-1-3-5(8)6(9)10/h2*2-6,8H,7,10H2,1H3;2*5H,1-4,7-8H2,(H,9,10). The molecule has 40 heavy (non-hydrogen) atoms. The summed E-state index contributed by atoms with van der Waals surface area (Å²) in [7, 11) is 0. The molecule has 14 N–H and O–H groups in total. The van der Waals surface area contributed by atoms with Crippen LogP contribution in [0, 0.1) is 0 Å². The Labute approximate surface area is 240 Å². The molecule has 2 aromatic rings. The quantitative estimate of drug-likeness (QED) is 0.156. The number of carbonyl (C=O) groups is 2. The van der Waals surface area contributed by atoms with Crippen LogP contribution in [-0.2, 0) is 22.4 Å². The Morgan fingerprint density at radius 3 is 1.12 bits per heavy atom. The minimum atomic E-state index is -0.933. The molecule has 228 valence electrons. The molecular formula is C30H54N6O4. The fourth-order valence-corrected chi connectivity index (χ4v) is 3.24. The Morgan fingerprint density at radius 1 is 0.600 bits per heavy atom. The average Bonchev–Trinajstić information content (AvgIpc) is 2.90. The lowest BCUT2D eigenvalue weighted by molar-refractivity contribution is -0.139. The van der Waals surface area contributed by atoms with E-state index in [0.717, 1.165) is 38.5 Å². The van der Waals surface area contributed by atoms with Crippen molar-refractivity contribution in [3.63, 3.8) is 0 Å². The lowest BCUT2D eigenvalue weighted by atomic mass is 10.1. The summed E-state index contributed by atoms with van der Waals surface area (Å²) in [4.78, 5) is 20.3. The van der Waals surface area contributed by atoms with Gasteiger partial charge in [0.15, 0.2) is 0 Å². The normalized spacial score (nSPS) is 13.0. The van der Waals surface area contributed by atoms with Gasteiger partial charge in [-0.25, -0.2) is 0 Å². The highest BCUT2D eigenvalue weighted by molar-refractivity contribution is 5.73. The van der Waals surface area contributed by atoms with Crippen molar-refractivity contribution in [1.29, 1.82) is 0 Å². The van der Waals surface area contributed by atoms with E-state index in [1.54, 1.807) is 0 Å². The molecule has 10 nitrogen and oxygen atoms in total. The number of aliphatic carboxylic acids is 2. The largest absolute Gasteiger partial charge is 0.480 e. The zero-order valence-corrected chi connectivity index (χ0v) is 24.3. The van der Waals surface area contributed by atoms with Gasteiger partial charge in [-0.3, -0.25) is 9.59 Å². The lowest BCUT2D eigenvalue weighted by Gasteiger charge is -2.03. The fourth-order valence-electron chi connectivity index (χ4n) is 3.24. The number of carboxylic acid groups (broad SMARTS) is 2. The van der Waals surface area contributed by atoms with E-state index in [9.17, 15) is 9.59 Å². The van der Waals surface area contributed by atoms with Crippen LogP contribution in [0.25, 0.3) is 0 Å². The van der Waals surface area contributed by atoms with Crippen LogP contribution < -0.4 is 34.4 Å². The smallest absolute Gasteiger partial charge is 0.320 e. The first-order valence-electron chi connectivity index (χ1n) is 13.9. The van der Waals surface area contributed by atoms with Gasteiger partial charge in [0.2, 0.25) is 0 Å². The Balaban J connectivity index is 0. The third kappa shape index (κ3) is 26.7. The highest BCUT2D eigenvalue weighted by atomic mass is 16.4. The highest BCUT2D eigenvalue weighted by Crippen LogP contribution is 2.01. The maximum absolute atomic E-state index is 10.1. The number of hydrogen-bond acceptors (Lipinski definition) is 8. The molecule has 2 aromatic carbocycles. The van der Waals surface area contributed by atoms with Crippen molar-refractivity contribution in [3.05, 3.63) is 71.8 Å². The molecule has 0 saturated heterocycles. The molecule has 2 rings (SSSR count). The Kier molecular flexibility index (Phi) is 25.9. The maximum Gasteiger partial charge on any atom is 0.320 e. The van der Waals surface area contributed by atoms with Crippen LogP contribution in [0.15, 0.2) is 60.7 Å². The van der Waals surface area contributed by atoms with Gasteiger partial charge in [0.05, 0.1) is 0 Å². The van der Waals surface area contributed by atoms with E-state index in [1.807, 2.05) is 50.2 Å². The van der Waals surface area contributed by atoms with Crippen molar-refractivity contribution < 1.29 is 19.8 Å². The molecule has 10 heteroatoms. The van der Waals surface area contributed by atoms with Gasteiger partial charge >= 0.3 is 11.9 Å². The summed E-state index contributed by atoms with van der Waals surface area (Å²) < 4.78 is 0. The fraction of sp³-hybridized carbons (Fsp3) is 0.533. The number of carboxylic acids is 2. The first kappa shape index (κ1) is 39.3. The summed E-state index contributed by atoms with van der Waals surface area (Å²) >= 11 is 0. The van der Waals surface area contributed by atoms with Crippen LogP contribution >= 0.6 is 0 Å². The van der Waals surface area contributed by atoms with E-state index in [0.29, 0.717) is 25.9 Å². The molecule has 4 unspecified atom stereocenters. The van der Waals surface area contributed by atoms with Gasteiger partial charge in [0.1, 0.15) is 12.1 Å². The first-order chi connectivity index (χ1) is 18.9. The van der Waals surface area contributed by atoms with Gasteiger partial charge in [0.25, 0.3) is 0 Å². The highest BCUT2D eigenvalue weighted by Gasteiger charge is 2.10. The van der Waals surface area contributed by atoms with Crippen LogP contribution in [0.5, 0.6) is 0 Å². The maximum atomic E-state index is 10.1. The predicted octanol–water partition coefficient (Wildman–Crippen LogP) is 2.21. The third-order valence-electron chi connectivity index (χ3n) is 5.37. The van der Waals surface area contributed by atoms with Gasteiger partial charge in [-0.1, -0.05) is 73.5 Å². The van der Waals surface area contributed by atoms with E-state index in [2.05, 4.69) is 24.3 Å². The second-order valence-corrected chi connectivity index (χ2v) is 9.79. The Hall–Kier alpha value is -2.86. The van der Waals surface area contributed by atoms with Gasteiger partial charge in [-0.15, -0.1) is 0 Å². The minimum Gasteiger partial charge on any atom is -0.480 e. The van der Waals surface area contributed by atoms with E-state index in [1.165, 1.54) is 11.1 Å². The molecule has 0 aromatic heterocycles. The number of nitrogens with two attached hydrogens (primary N) is 6. The summed E-state index contributed by atoms with van der Waals surface area (Å²) in [5, 5.41) is 16.7. The van der Waals surface area contributed by atoms with Crippen molar-refractivity contribution >= 4 is 11.9 Å². The van der Waals surface area contributed by atoms with Crippen LogP contribution in [-0.4, -0.2) is 59.4 Å². The van der Waals surface area contributed by atoms with Gasteiger partial charge in [0, 0.05) is 12.1 Å². The second-order valence-electron chi connectivity index (χ2n) is 9.79. The van der Waals surface area contributed by atoms with Crippen molar-refractivity contribution in [1.82, 2.24) is 0 Å². The molecular weight excluding hydrogens is 508 g/mol. The topological polar surface area (TPSA) is 231 Å². The van der Waals surface area contributed by atoms with Crippen LogP contribution in [0.3, 0.4) is 0 Å². The molecule has 0 aliphatic heterocycles. The van der Waals surface area contributed by atoms with E-state index >= 15 is 0 Å². The molecule has 0 amide bonds. The van der Waals surface area contributed by atoms with Crippen molar-refractivity contribution in [3.8, 4) is 0 Å². The Morgan fingerprint density at radius 2 is 0.900 bits per heavy atom. The van der Waals surface area contributed by atoms with Crippen LogP contribution in [0.1, 0.15) is 63.5 Å². The number of benzene rings is 2. The van der Waals surface area contributed by atoms with Gasteiger partial charge < -0.3 is 44.6 Å². The van der Waals surface area contributed by atoms with Crippen molar-refractivity contribution in [2.45, 2.75) is 89.4 Å². The van der Waals surface area contributed by atoms with Crippen LogP contribution in [0.2, 0.25) is 0 Å². The van der Waals surface area contributed by atoms with Gasteiger partial charge in [-0.05, 0) is 76.6 Å². The van der Waals surface area contributed by atoms with E-state index in [4.69, 9.17) is 44.6 Å². The monoisotopic (exact) mass is 562 g/mol. The molecule has 4 atom stereocenters. The zero-order valence-electron chi connectivity index (χ0n) is 24.3. The van der Waals surface area contributed by atoms with Crippen molar-refractivity contribution in [2.24, 2.45) is 34.4 Å². The molecule has 0 spiro atoms. The van der Waals surface area contributed by atoms with E-state index in [-0.39, 0.29) is 12.1 Å². The summed E-state index contributed by atoms with van der Waals surface area (Å²) in [6, 6.07) is 19.7. The summed E-state index contributed by atoms with van der Waals surface area (Å²) in [6.07, 6.45) is 6.27. The summed E-state index contributed by atoms with van der Waals surface area (Å²) in [6.45, 7) is 5.25. The van der Waals surface area contributed by atoms with Gasteiger partial charge in [-0.2, -0.15) is 0 Å². The first-order valence-corrected chi connectivity index (χ1v) is 13.9. The molecule has 0 fully saturated rings. The van der Waals surface area contributed by atoms with Crippen LogP contribution in [0.4, 0.5) is 0 Å². The third-order valence-corrected chi connectivity index (χ3v) is 5.37. The predicted molar refractivity (Wildman–Crippen MR) is 165 cm³/mol. The number of unbranched alkanes of at least 4 members (excludes halogenated alkanes) is 2. The molecule has 0 aliphatic rings. The van der Waals surface area contributed by atoms with Crippen molar-refractivity contribution in [2.75, 3.05) is 13.1 Å². The summed E-state index contributed by atoms with van der Waals surface area (Å²) in [5.41, 5.74) is 34.7. The SMILES string of the molecule is CC(N)Cc1ccccc1.CC(N)Cc1ccccc1.NCCCCC(N)C(=O)O.NCCCCC(N)C(=O)O. The molecule has 0 radical (unpaired) electrons. The second kappa shape index (κ2) is 26.4. The number of hydrogen-bond donors (Lipinski definition) is 8. The number of rotatable bonds is 14. The average molecular weight is 563 g/mol. The Bertz CT molecular complexity index is 782. The van der Waals surface area contributed by atoms with E-state index < -0.39 is 24.0 Å². The minimum absolute atomic E-state index is 0.266.